The molecule has 1 aliphatic rings. The van der Waals surface area contributed by atoms with E-state index in [1.165, 1.54) is 0 Å². The first-order valence-corrected chi connectivity index (χ1v) is 8.56. The average Bonchev–Trinajstić information content (AvgIpc) is 3.07. The van der Waals surface area contributed by atoms with Crippen molar-refractivity contribution in [2.75, 3.05) is 13.1 Å². The van der Waals surface area contributed by atoms with E-state index in [4.69, 9.17) is 10.00 Å². The molecule has 1 saturated heterocycles. The molecule has 0 aromatic heterocycles. The first-order chi connectivity index (χ1) is 11.8. The summed E-state index contributed by atoms with van der Waals surface area (Å²) in [6, 6.07) is 8.42. The summed E-state index contributed by atoms with van der Waals surface area (Å²) >= 11 is 0. The second-order valence-electron chi connectivity index (χ2n) is 7.24. The number of alkyl carbamates (subject to hydrolysis) is 1. The Morgan fingerprint density at radius 1 is 1.24 bits per heavy atom. The number of amides is 2. The maximum absolute atomic E-state index is 12.8. The molecule has 0 spiro atoms. The summed E-state index contributed by atoms with van der Waals surface area (Å²) in [5.74, 6) is -0.0901. The van der Waals surface area contributed by atoms with Gasteiger partial charge in [0.25, 0.3) is 0 Å². The Morgan fingerprint density at radius 3 is 2.36 bits per heavy atom. The zero-order chi connectivity index (χ0) is 18.4. The lowest BCUT2D eigenvalue weighted by Gasteiger charge is -2.26. The first kappa shape index (κ1) is 18.8. The van der Waals surface area contributed by atoms with E-state index in [0.717, 1.165) is 31.5 Å². The monoisotopic (exact) mass is 343 g/mol. The van der Waals surface area contributed by atoms with Crippen molar-refractivity contribution in [3.63, 3.8) is 0 Å². The quantitative estimate of drug-likeness (QED) is 0.911. The molecule has 1 heterocycles. The predicted molar refractivity (Wildman–Crippen MR) is 93.8 cm³/mol. The van der Waals surface area contributed by atoms with E-state index in [1.807, 2.05) is 0 Å². The van der Waals surface area contributed by atoms with Gasteiger partial charge in [-0.05, 0) is 51.3 Å². The van der Waals surface area contributed by atoms with Gasteiger partial charge in [0, 0.05) is 19.5 Å². The van der Waals surface area contributed by atoms with Gasteiger partial charge in [0.15, 0.2) is 0 Å². The summed E-state index contributed by atoms with van der Waals surface area (Å²) in [5, 5.41) is 11.6. The van der Waals surface area contributed by atoms with E-state index in [-0.39, 0.29) is 5.91 Å². The number of ether oxygens (including phenoxy) is 1. The van der Waals surface area contributed by atoms with E-state index in [0.29, 0.717) is 12.0 Å². The van der Waals surface area contributed by atoms with Crippen LogP contribution in [0.1, 0.15) is 44.7 Å². The van der Waals surface area contributed by atoms with Crippen molar-refractivity contribution in [2.24, 2.45) is 0 Å². The fourth-order valence-electron chi connectivity index (χ4n) is 2.76. The van der Waals surface area contributed by atoms with E-state index in [2.05, 4.69) is 11.4 Å². The Morgan fingerprint density at radius 2 is 1.84 bits per heavy atom. The van der Waals surface area contributed by atoms with Crippen molar-refractivity contribution < 1.29 is 14.3 Å². The van der Waals surface area contributed by atoms with Crippen LogP contribution in [0.25, 0.3) is 0 Å². The summed E-state index contributed by atoms with van der Waals surface area (Å²) < 4.78 is 5.29. The summed E-state index contributed by atoms with van der Waals surface area (Å²) in [6.07, 6.45) is 1.74. The van der Waals surface area contributed by atoms with Crippen LogP contribution >= 0.6 is 0 Å². The minimum atomic E-state index is -0.680. The Kier molecular flexibility index (Phi) is 6.02. The van der Waals surface area contributed by atoms with Crippen molar-refractivity contribution >= 4 is 12.0 Å². The van der Waals surface area contributed by atoms with Gasteiger partial charge in [0.05, 0.1) is 11.6 Å². The Labute approximate surface area is 148 Å². The normalized spacial score (nSPS) is 15.4. The molecule has 1 N–H and O–H groups in total. The third-order valence-corrected chi connectivity index (χ3v) is 3.93. The number of rotatable bonds is 4. The number of hydrogen-bond donors (Lipinski definition) is 1. The predicted octanol–water partition coefficient (Wildman–Crippen LogP) is 2.62. The van der Waals surface area contributed by atoms with Crippen LogP contribution in [0.3, 0.4) is 0 Å². The molecule has 134 valence electrons. The highest BCUT2D eigenvalue weighted by Crippen LogP contribution is 2.14. The van der Waals surface area contributed by atoms with Crippen LogP contribution in [-0.2, 0) is 16.0 Å². The molecule has 2 amide bonds. The van der Waals surface area contributed by atoms with Crippen LogP contribution in [0.5, 0.6) is 0 Å². The average molecular weight is 343 g/mol. The summed E-state index contributed by atoms with van der Waals surface area (Å²) in [4.78, 5) is 26.7. The summed E-state index contributed by atoms with van der Waals surface area (Å²) in [6.45, 7) is 6.79. The Bertz CT molecular complexity index is 650. The number of nitrogens with one attached hydrogen (secondary N) is 1. The summed E-state index contributed by atoms with van der Waals surface area (Å²) in [7, 11) is 0. The molecule has 0 radical (unpaired) electrons. The minimum absolute atomic E-state index is 0.0901. The molecule has 6 heteroatoms. The third kappa shape index (κ3) is 5.79. The maximum Gasteiger partial charge on any atom is 0.408 e. The van der Waals surface area contributed by atoms with Gasteiger partial charge in [-0.25, -0.2) is 4.79 Å². The minimum Gasteiger partial charge on any atom is -0.444 e. The molecule has 1 aromatic carbocycles. The van der Waals surface area contributed by atoms with E-state index in [9.17, 15) is 9.59 Å². The summed E-state index contributed by atoms with van der Waals surface area (Å²) in [5.41, 5.74) is 0.818. The largest absolute Gasteiger partial charge is 0.444 e. The fraction of sp³-hybridized carbons (Fsp3) is 0.526. The second kappa shape index (κ2) is 8.02. The molecular weight excluding hydrogens is 318 g/mol. The van der Waals surface area contributed by atoms with Gasteiger partial charge in [-0.15, -0.1) is 0 Å². The van der Waals surface area contributed by atoms with Crippen LogP contribution in [0.15, 0.2) is 24.3 Å². The number of carbonyl (C=O) groups excluding carboxylic acids is 2. The molecule has 0 bridgehead atoms. The zero-order valence-corrected chi connectivity index (χ0v) is 15.0. The molecule has 1 aliphatic heterocycles. The molecule has 1 fully saturated rings. The molecule has 0 saturated carbocycles. The lowest BCUT2D eigenvalue weighted by molar-refractivity contribution is -0.132. The van der Waals surface area contributed by atoms with Crippen molar-refractivity contribution in [3.8, 4) is 6.07 Å². The van der Waals surface area contributed by atoms with Gasteiger partial charge in [0.1, 0.15) is 11.6 Å². The third-order valence-electron chi connectivity index (χ3n) is 3.93. The molecule has 6 nitrogen and oxygen atoms in total. The van der Waals surface area contributed by atoms with Crippen LogP contribution in [0, 0.1) is 11.3 Å². The molecule has 25 heavy (non-hydrogen) atoms. The molecule has 1 atom stereocenters. The van der Waals surface area contributed by atoms with E-state index < -0.39 is 17.7 Å². The van der Waals surface area contributed by atoms with Crippen LogP contribution in [0.4, 0.5) is 4.79 Å². The van der Waals surface area contributed by atoms with Crippen molar-refractivity contribution in [1.82, 2.24) is 10.2 Å². The highest BCUT2D eigenvalue weighted by molar-refractivity contribution is 5.86. The molecule has 0 unspecified atom stereocenters. The smallest absolute Gasteiger partial charge is 0.408 e. The second-order valence-corrected chi connectivity index (χ2v) is 7.24. The van der Waals surface area contributed by atoms with Crippen molar-refractivity contribution in [2.45, 2.75) is 51.7 Å². The molecule has 1 aromatic rings. The van der Waals surface area contributed by atoms with Crippen LogP contribution in [0.2, 0.25) is 0 Å². The van der Waals surface area contributed by atoms with Gasteiger partial charge in [-0.3, -0.25) is 4.79 Å². The molecule has 0 aliphatic carbocycles. The maximum atomic E-state index is 12.8. The van der Waals surface area contributed by atoms with E-state index >= 15 is 0 Å². The highest BCUT2D eigenvalue weighted by atomic mass is 16.6. The highest BCUT2D eigenvalue weighted by Gasteiger charge is 2.29. The lowest BCUT2D eigenvalue weighted by Crippen LogP contribution is -2.50. The topological polar surface area (TPSA) is 82.4 Å². The zero-order valence-electron chi connectivity index (χ0n) is 15.0. The van der Waals surface area contributed by atoms with Crippen LogP contribution in [-0.4, -0.2) is 41.6 Å². The Balaban J connectivity index is 2.11. The van der Waals surface area contributed by atoms with E-state index in [1.54, 1.807) is 49.9 Å². The SMILES string of the molecule is CC(C)(C)OC(=O)N[C@@H](Cc1ccc(C#N)cc1)C(=O)N1CCCC1. The number of nitriles is 1. The first-order valence-electron chi connectivity index (χ1n) is 8.56. The lowest BCUT2D eigenvalue weighted by atomic mass is 10.0. The number of nitrogens with zero attached hydrogens (tertiary/aromatic N) is 2. The molecule has 2 rings (SSSR count). The molecular formula is C19H25N3O3. The van der Waals surface area contributed by atoms with Gasteiger partial charge >= 0.3 is 6.09 Å². The number of carbonyl (C=O) groups is 2. The van der Waals surface area contributed by atoms with Gasteiger partial charge in [-0.1, -0.05) is 12.1 Å². The van der Waals surface area contributed by atoms with Gasteiger partial charge < -0.3 is 15.0 Å². The van der Waals surface area contributed by atoms with Crippen molar-refractivity contribution in [3.05, 3.63) is 35.4 Å². The van der Waals surface area contributed by atoms with Gasteiger partial charge in [0.2, 0.25) is 5.91 Å². The Hall–Kier alpha value is -2.55. The standard InChI is InChI=1S/C19H25N3O3/c1-19(2,3)25-18(24)21-16(17(23)22-10-4-5-11-22)12-14-6-8-15(13-20)9-7-14/h6-9,16H,4-5,10-12H2,1-3H3,(H,21,24)/t16-/m0/s1. The van der Waals surface area contributed by atoms with Crippen molar-refractivity contribution in [1.29, 1.82) is 5.26 Å². The number of likely N-dealkylation sites (tertiary alicyclic amines) is 1. The number of hydrogen-bond acceptors (Lipinski definition) is 4. The van der Waals surface area contributed by atoms with Gasteiger partial charge in [-0.2, -0.15) is 5.26 Å². The van der Waals surface area contributed by atoms with Crippen LogP contribution < -0.4 is 5.32 Å². The fourth-order valence-corrected chi connectivity index (χ4v) is 2.76. The number of benzene rings is 1.